The molecule has 0 bridgehead atoms. The van der Waals surface area contributed by atoms with Gasteiger partial charge >= 0.3 is 105 Å². The number of hydrogen-bond acceptors (Lipinski definition) is 2. The molecule has 0 aliphatic carbocycles. The fourth-order valence-electron chi connectivity index (χ4n) is 1.84. The van der Waals surface area contributed by atoms with E-state index in [-0.39, 0.29) is 16.4 Å². The molecule has 0 aliphatic heterocycles. The SMILES string of the molecule is [B+2]c1ccc(-c2ccc(C(C)(C)C)cc2)cc1.[OH-].[OH-]. The van der Waals surface area contributed by atoms with E-state index in [0.29, 0.717) is 0 Å². The van der Waals surface area contributed by atoms with Crippen LogP contribution in [-0.2, 0) is 5.41 Å². The summed E-state index contributed by atoms with van der Waals surface area (Å²) < 4.78 is 0. The summed E-state index contributed by atoms with van der Waals surface area (Å²) in [6.45, 7) is 6.68. The maximum absolute atomic E-state index is 5.69. The summed E-state index contributed by atoms with van der Waals surface area (Å²) in [6, 6.07) is 16.7. The van der Waals surface area contributed by atoms with Gasteiger partial charge in [-0.25, -0.2) is 0 Å². The van der Waals surface area contributed by atoms with Gasteiger partial charge in [0.1, 0.15) is 0 Å². The molecule has 0 radical (unpaired) electrons. The minimum Gasteiger partial charge on any atom is -0.870 e. The normalized spacial score (nSPS) is 10.4. The molecular weight excluding hydrogens is 235 g/mol. The summed E-state index contributed by atoms with van der Waals surface area (Å²) >= 11 is 0. The maximum atomic E-state index is 5.69. The summed E-state index contributed by atoms with van der Waals surface area (Å²) in [5, 5.41) is 0. The van der Waals surface area contributed by atoms with Gasteiger partial charge in [-0.05, 0) is 0 Å². The molecule has 0 atom stereocenters. The molecule has 3 heteroatoms. The van der Waals surface area contributed by atoms with E-state index < -0.39 is 0 Å². The summed E-state index contributed by atoms with van der Waals surface area (Å²) in [7, 11) is 5.69. The van der Waals surface area contributed by atoms with Crippen molar-refractivity contribution in [1.82, 2.24) is 0 Å². The molecule has 0 heterocycles. The van der Waals surface area contributed by atoms with Crippen LogP contribution in [0.5, 0.6) is 0 Å². The molecule has 2 rings (SSSR count). The molecule has 0 unspecified atom stereocenters. The van der Waals surface area contributed by atoms with Crippen LogP contribution in [0.1, 0.15) is 26.3 Å². The number of benzene rings is 2. The van der Waals surface area contributed by atoms with E-state index in [1.54, 1.807) is 0 Å². The van der Waals surface area contributed by atoms with E-state index in [4.69, 9.17) is 7.85 Å². The zero-order valence-corrected chi connectivity index (χ0v) is 11.6. The predicted octanol–water partition coefficient (Wildman–Crippen LogP) is 3.09. The monoisotopic (exact) mass is 254 g/mol. The first-order valence-corrected chi connectivity index (χ1v) is 5.93. The summed E-state index contributed by atoms with van der Waals surface area (Å²) in [5.41, 5.74) is 4.81. The molecule has 2 aromatic carbocycles. The van der Waals surface area contributed by atoms with Gasteiger partial charge in [-0.15, -0.1) is 0 Å². The predicted molar refractivity (Wildman–Crippen MR) is 79.8 cm³/mol. The minimum atomic E-state index is 0. The van der Waals surface area contributed by atoms with E-state index in [9.17, 15) is 0 Å². The van der Waals surface area contributed by atoms with Crippen molar-refractivity contribution in [2.24, 2.45) is 0 Å². The van der Waals surface area contributed by atoms with Gasteiger partial charge < -0.3 is 11.0 Å². The van der Waals surface area contributed by atoms with Crippen molar-refractivity contribution >= 4 is 13.3 Å². The van der Waals surface area contributed by atoms with Crippen molar-refractivity contribution in [3.05, 3.63) is 54.1 Å². The Labute approximate surface area is 116 Å². The molecule has 0 saturated heterocycles. The standard InChI is InChI=1S/C16H17B.2H2O/c1-16(2,3)14-8-4-12(5-9-14)13-6-10-15(17)11-7-13;;/h4-11H,1-3H3;2*1H2/q+2;;/p-2. The van der Waals surface area contributed by atoms with Gasteiger partial charge in [0.25, 0.3) is 0 Å². The van der Waals surface area contributed by atoms with E-state index in [1.165, 1.54) is 16.7 Å². The Bertz CT molecular complexity index is 496. The molecule has 0 saturated carbocycles. The first-order valence-electron chi connectivity index (χ1n) is 5.93. The zero-order valence-electron chi connectivity index (χ0n) is 11.6. The van der Waals surface area contributed by atoms with Gasteiger partial charge in [-0.3, -0.25) is 0 Å². The van der Waals surface area contributed by atoms with Crippen LogP contribution in [0.2, 0.25) is 0 Å². The van der Waals surface area contributed by atoms with E-state index in [1.807, 2.05) is 12.1 Å². The molecule has 0 spiro atoms. The first kappa shape index (κ1) is 17.4. The zero-order chi connectivity index (χ0) is 12.5. The smallest absolute Gasteiger partial charge is 0.870 e. The van der Waals surface area contributed by atoms with E-state index in [0.717, 1.165) is 5.46 Å². The fraction of sp³-hybridized carbons (Fsp3) is 0.250. The summed E-state index contributed by atoms with van der Waals surface area (Å²) in [5.74, 6) is 0. The average Bonchev–Trinajstić information content (AvgIpc) is 2.29. The molecule has 0 aliphatic rings. The van der Waals surface area contributed by atoms with Gasteiger partial charge in [0.2, 0.25) is 0 Å². The second-order valence-electron chi connectivity index (χ2n) is 5.45. The van der Waals surface area contributed by atoms with Crippen LogP contribution < -0.4 is 5.46 Å². The maximum Gasteiger partial charge on any atom is -0.870 e. The Morgan fingerprint density at radius 1 is 0.684 bits per heavy atom. The second kappa shape index (κ2) is 6.55. The Morgan fingerprint density at radius 3 is 1.42 bits per heavy atom. The summed E-state index contributed by atoms with van der Waals surface area (Å²) in [4.78, 5) is 0. The fourth-order valence-corrected chi connectivity index (χ4v) is 1.84. The molecule has 19 heavy (non-hydrogen) atoms. The Balaban J connectivity index is 0.00000162. The molecule has 0 amide bonds. The Morgan fingerprint density at radius 2 is 1.05 bits per heavy atom. The third kappa shape index (κ3) is 4.23. The third-order valence-electron chi connectivity index (χ3n) is 2.99. The second-order valence-corrected chi connectivity index (χ2v) is 5.45. The third-order valence-corrected chi connectivity index (χ3v) is 2.99. The summed E-state index contributed by atoms with van der Waals surface area (Å²) in [6.07, 6.45) is 0. The molecule has 98 valence electrons. The van der Waals surface area contributed by atoms with Crippen molar-refractivity contribution in [2.45, 2.75) is 26.2 Å². The van der Waals surface area contributed by atoms with Crippen LogP contribution in [-0.4, -0.2) is 18.8 Å². The molecule has 0 fully saturated rings. The van der Waals surface area contributed by atoms with E-state index in [2.05, 4.69) is 57.2 Å². The van der Waals surface area contributed by atoms with Crippen molar-refractivity contribution in [2.75, 3.05) is 0 Å². The van der Waals surface area contributed by atoms with Crippen molar-refractivity contribution in [3.63, 3.8) is 0 Å². The topological polar surface area (TPSA) is 60.0 Å². The Kier molecular flexibility index (Phi) is 6.01. The molecule has 0 aromatic heterocycles. The molecule has 2 N–H and O–H groups in total. The van der Waals surface area contributed by atoms with Crippen molar-refractivity contribution in [3.8, 4) is 11.1 Å². The average molecular weight is 254 g/mol. The largest absolute Gasteiger partial charge is 0.870 e. The molecule has 2 aromatic rings. The van der Waals surface area contributed by atoms with Crippen LogP contribution in [0.25, 0.3) is 11.1 Å². The first-order chi connectivity index (χ1) is 7.97. The van der Waals surface area contributed by atoms with Gasteiger partial charge in [-0.1, -0.05) is 0 Å². The van der Waals surface area contributed by atoms with Crippen LogP contribution in [0, 0.1) is 0 Å². The Hall–Kier alpha value is -1.58. The van der Waals surface area contributed by atoms with Gasteiger partial charge in [0, 0.05) is 0 Å². The van der Waals surface area contributed by atoms with Crippen LogP contribution in [0.15, 0.2) is 48.5 Å². The number of hydrogen-bond donors (Lipinski definition) is 0. The van der Waals surface area contributed by atoms with Crippen LogP contribution in [0.4, 0.5) is 0 Å². The molecular formula is C16H19BO2. The van der Waals surface area contributed by atoms with Gasteiger partial charge in [-0.2, -0.15) is 0 Å². The molecule has 2 nitrogen and oxygen atoms in total. The minimum absolute atomic E-state index is 0. The van der Waals surface area contributed by atoms with Crippen LogP contribution in [0.3, 0.4) is 0 Å². The van der Waals surface area contributed by atoms with Gasteiger partial charge in [0.15, 0.2) is 0 Å². The van der Waals surface area contributed by atoms with Crippen molar-refractivity contribution < 1.29 is 11.0 Å². The van der Waals surface area contributed by atoms with Crippen LogP contribution >= 0.6 is 0 Å². The van der Waals surface area contributed by atoms with E-state index >= 15 is 0 Å². The van der Waals surface area contributed by atoms with Gasteiger partial charge in [0.05, 0.1) is 0 Å². The van der Waals surface area contributed by atoms with Crippen molar-refractivity contribution in [1.29, 1.82) is 0 Å². The number of rotatable bonds is 1. The quantitative estimate of drug-likeness (QED) is 0.734.